The van der Waals surface area contributed by atoms with E-state index in [0.29, 0.717) is 6.54 Å². The highest BCUT2D eigenvalue weighted by Crippen LogP contribution is 2.27. The molecule has 3 aliphatic rings. The topological polar surface area (TPSA) is 114 Å². The highest BCUT2D eigenvalue weighted by Gasteiger charge is 2.41. The van der Waals surface area contributed by atoms with Gasteiger partial charge in [-0.3, -0.25) is 29.0 Å². The summed E-state index contributed by atoms with van der Waals surface area (Å²) in [7, 11) is 3.88. The smallest absolute Gasteiger partial charge is 0.290 e. The van der Waals surface area contributed by atoms with Crippen molar-refractivity contribution < 1.29 is 24.3 Å². The molecule has 10 nitrogen and oxygen atoms in total. The van der Waals surface area contributed by atoms with Crippen molar-refractivity contribution in [3.8, 4) is 0 Å². The number of carbonyl (C=O) groups excluding carboxylic acids is 3. The molecule has 0 radical (unpaired) electrons. The van der Waals surface area contributed by atoms with Gasteiger partial charge in [-0.25, -0.2) is 0 Å². The molecule has 2 N–H and O–H groups in total. The van der Waals surface area contributed by atoms with Crippen LogP contribution in [0.15, 0.2) is 0 Å². The van der Waals surface area contributed by atoms with Crippen molar-refractivity contribution in [2.75, 3.05) is 46.8 Å². The van der Waals surface area contributed by atoms with Crippen LogP contribution in [0.5, 0.6) is 0 Å². The molecule has 3 heterocycles. The number of hydrogen-bond acceptors (Lipinski definition) is 6. The molecule has 3 aliphatic heterocycles. The lowest BCUT2D eigenvalue weighted by Crippen LogP contribution is -2.61. The SMILES string of the molecule is CC(C)[C@@H](CN1CCCC[C@H]1C(=O)N1CCCC1)N(C)C(=O)[C@@H](NC(=O)[C@H]1CCCCN1C)C(C)(C)C.O=CO. The zero-order valence-electron chi connectivity index (χ0n) is 26.0. The zero-order valence-corrected chi connectivity index (χ0v) is 26.0. The van der Waals surface area contributed by atoms with Gasteiger partial charge in [0.2, 0.25) is 17.7 Å². The minimum atomic E-state index is -0.607. The number of nitrogens with one attached hydrogen (secondary N) is 1. The highest BCUT2D eigenvalue weighted by atomic mass is 16.3. The minimum absolute atomic E-state index is 0.0430. The van der Waals surface area contributed by atoms with Gasteiger partial charge in [-0.2, -0.15) is 0 Å². The largest absolute Gasteiger partial charge is 0.483 e. The van der Waals surface area contributed by atoms with Crippen LogP contribution in [-0.4, -0.2) is 120 Å². The van der Waals surface area contributed by atoms with E-state index in [0.717, 1.165) is 77.5 Å². The first-order chi connectivity index (χ1) is 18.8. The predicted molar refractivity (Wildman–Crippen MR) is 157 cm³/mol. The van der Waals surface area contributed by atoms with Crippen molar-refractivity contribution in [3.05, 3.63) is 0 Å². The summed E-state index contributed by atoms with van der Waals surface area (Å²) < 4.78 is 0. The van der Waals surface area contributed by atoms with E-state index in [1.54, 1.807) is 0 Å². The lowest BCUT2D eigenvalue weighted by atomic mass is 9.84. The van der Waals surface area contributed by atoms with E-state index in [-0.39, 0.29) is 48.2 Å². The van der Waals surface area contributed by atoms with Gasteiger partial charge in [-0.15, -0.1) is 0 Å². The molecule has 0 bridgehead atoms. The lowest BCUT2D eigenvalue weighted by molar-refractivity contribution is -0.143. The molecule has 0 unspecified atom stereocenters. The Morgan fingerprint density at radius 3 is 2.00 bits per heavy atom. The summed E-state index contributed by atoms with van der Waals surface area (Å²) in [5, 5.41) is 10.0. The summed E-state index contributed by atoms with van der Waals surface area (Å²) in [6.45, 7) is 14.3. The summed E-state index contributed by atoms with van der Waals surface area (Å²) in [4.78, 5) is 57.3. The average molecular weight is 566 g/mol. The second kappa shape index (κ2) is 15.7. The van der Waals surface area contributed by atoms with E-state index in [4.69, 9.17) is 9.90 Å². The molecule has 3 fully saturated rings. The molecular formula is C30H55N5O5. The second-order valence-corrected chi connectivity index (χ2v) is 13.2. The van der Waals surface area contributed by atoms with Crippen molar-refractivity contribution in [2.24, 2.45) is 11.3 Å². The van der Waals surface area contributed by atoms with Crippen LogP contribution in [0.2, 0.25) is 0 Å². The van der Waals surface area contributed by atoms with Crippen LogP contribution >= 0.6 is 0 Å². The number of hydrogen-bond donors (Lipinski definition) is 2. The molecule has 0 aromatic carbocycles. The van der Waals surface area contributed by atoms with Gasteiger partial charge >= 0.3 is 0 Å². The first-order valence-corrected chi connectivity index (χ1v) is 15.2. The molecule has 3 rings (SSSR count). The molecule has 0 spiro atoms. The third kappa shape index (κ3) is 9.16. The van der Waals surface area contributed by atoms with Crippen LogP contribution < -0.4 is 5.32 Å². The normalized spacial score (nSPS) is 24.1. The Balaban J connectivity index is 0.00000178. The van der Waals surface area contributed by atoms with Crippen molar-refractivity contribution in [1.82, 2.24) is 24.9 Å². The van der Waals surface area contributed by atoms with Crippen LogP contribution in [0, 0.1) is 11.3 Å². The Labute approximate surface area is 241 Å². The van der Waals surface area contributed by atoms with Crippen LogP contribution in [0.25, 0.3) is 0 Å². The van der Waals surface area contributed by atoms with Gasteiger partial charge < -0.3 is 20.2 Å². The molecule has 4 atom stereocenters. The summed E-state index contributed by atoms with van der Waals surface area (Å²) in [6.07, 6.45) is 8.24. The second-order valence-electron chi connectivity index (χ2n) is 13.2. The van der Waals surface area contributed by atoms with Gasteiger partial charge in [0.1, 0.15) is 6.04 Å². The quantitative estimate of drug-likeness (QED) is 0.435. The molecule has 0 aliphatic carbocycles. The number of rotatable bonds is 8. The molecule has 230 valence electrons. The van der Waals surface area contributed by atoms with Crippen molar-refractivity contribution >= 4 is 24.2 Å². The van der Waals surface area contributed by atoms with E-state index in [9.17, 15) is 14.4 Å². The van der Waals surface area contributed by atoms with Gasteiger partial charge in [0.15, 0.2) is 0 Å². The van der Waals surface area contributed by atoms with Gasteiger partial charge in [0, 0.05) is 32.7 Å². The number of likely N-dealkylation sites (tertiary alicyclic amines) is 3. The molecule has 0 aromatic rings. The monoisotopic (exact) mass is 565 g/mol. The Kier molecular flexibility index (Phi) is 13.4. The van der Waals surface area contributed by atoms with Gasteiger partial charge in [0.05, 0.1) is 12.1 Å². The first-order valence-electron chi connectivity index (χ1n) is 15.2. The van der Waals surface area contributed by atoms with Crippen LogP contribution in [0.1, 0.15) is 86.0 Å². The Hall–Kier alpha value is -2.20. The van der Waals surface area contributed by atoms with E-state index >= 15 is 0 Å². The van der Waals surface area contributed by atoms with Gasteiger partial charge in [-0.05, 0) is 70.0 Å². The first kappa shape index (κ1) is 34.0. The minimum Gasteiger partial charge on any atom is -0.483 e. The molecule has 0 aromatic heterocycles. The molecular weight excluding hydrogens is 510 g/mol. The highest BCUT2D eigenvalue weighted by molar-refractivity contribution is 5.90. The maximum absolute atomic E-state index is 14.0. The van der Waals surface area contributed by atoms with E-state index in [1.165, 1.54) is 0 Å². The van der Waals surface area contributed by atoms with Crippen LogP contribution in [-0.2, 0) is 19.2 Å². The standard InChI is InChI=1S/C29H53N5O3.CH2O2/c1-21(2)24(20-34-19-11-9-15-23(34)27(36)33-17-12-13-18-33)32(7)28(37)25(29(3,4)5)30-26(35)22-14-8-10-16-31(22)6;2-1-3/h21-25H,8-20H2,1-7H3,(H,30,35);1H,(H,2,3)/t22-,23+,24-,25-;/m1./s1. The number of likely N-dealkylation sites (N-methyl/N-ethyl adjacent to an activating group) is 2. The predicted octanol–water partition coefficient (Wildman–Crippen LogP) is 2.66. The number of carboxylic acid groups (broad SMARTS) is 1. The number of carbonyl (C=O) groups is 4. The van der Waals surface area contributed by atoms with E-state index in [1.807, 2.05) is 44.7 Å². The Morgan fingerprint density at radius 2 is 1.48 bits per heavy atom. The summed E-state index contributed by atoms with van der Waals surface area (Å²) in [6, 6.07) is -0.914. The molecule has 40 heavy (non-hydrogen) atoms. The zero-order chi connectivity index (χ0) is 30.0. The van der Waals surface area contributed by atoms with Gasteiger partial charge in [0.25, 0.3) is 6.47 Å². The van der Waals surface area contributed by atoms with Crippen LogP contribution in [0.3, 0.4) is 0 Å². The fraction of sp³-hybridized carbons (Fsp3) is 0.867. The summed E-state index contributed by atoms with van der Waals surface area (Å²) in [5.74, 6) is 0.402. The lowest BCUT2D eigenvalue weighted by Gasteiger charge is -2.43. The van der Waals surface area contributed by atoms with Crippen molar-refractivity contribution in [3.63, 3.8) is 0 Å². The fourth-order valence-corrected chi connectivity index (χ4v) is 6.32. The molecule has 3 amide bonds. The number of amides is 3. The molecule has 0 saturated carbocycles. The number of piperidine rings is 2. The summed E-state index contributed by atoms with van der Waals surface area (Å²) in [5.41, 5.74) is -0.421. The third-order valence-electron chi connectivity index (χ3n) is 8.83. The Bertz CT molecular complexity index is 839. The average Bonchev–Trinajstić information content (AvgIpc) is 3.44. The van der Waals surface area contributed by atoms with E-state index < -0.39 is 11.5 Å². The maximum Gasteiger partial charge on any atom is 0.290 e. The van der Waals surface area contributed by atoms with Gasteiger partial charge in [-0.1, -0.05) is 47.5 Å². The van der Waals surface area contributed by atoms with Crippen molar-refractivity contribution in [2.45, 2.75) is 110 Å². The molecule has 10 heteroatoms. The Morgan fingerprint density at radius 1 is 0.950 bits per heavy atom. The maximum atomic E-state index is 14.0. The molecule has 3 saturated heterocycles. The summed E-state index contributed by atoms with van der Waals surface area (Å²) >= 11 is 0. The van der Waals surface area contributed by atoms with Crippen LogP contribution in [0.4, 0.5) is 0 Å². The third-order valence-corrected chi connectivity index (χ3v) is 8.83. The van der Waals surface area contributed by atoms with E-state index in [2.05, 4.69) is 29.0 Å². The number of nitrogens with zero attached hydrogens (tertiary/aromatic N) is 4. The fourth-order valence-electron chi connectivity index (χ4n) is 6.32. The van der Waals surface area contributed by atoms with Crippen molar-refractivity contribution in [1.29, 1.82) is 0 Å².